The Bertz CT molecular complexity index is 937. The van der Waals surface area contributed by atoms with Crippen LogP contribution in [-0.4, -0.2) is 23.3 Å². The number of carbonyl (C=O) groups excluding carboxylic acids is 2. The normalized spacial score (nSPS) is 10.4. The van der Waals surface area contributed by atoms with Crippen LogP contribution in [0.1, 0.15) is 26.4 Å². The van der Waals surface area contributed by atoms with Crippen molar-refractivity contribution in [1.82, 2.24) is 10.3 Å². The molecule has 0 aliphatic heterocycles. The third-order valence-corrected chi connectivity index (χ3v) is 4.73. The minimum absolute atomic E-state index is 0.191. The number of carbonyl (C=O) groups is 2. The van der Waals surface area contributed by atoms with Gasteiger partial charge in [0.25, 0.3) is 5.91 Å². The van der Waals surface area contributed by atoms with Gasteiger partial charge in [0.15, 0.2) is 5.13 Å². The van der Waals surface area contributed by atoms with E-state index in [1.807, 2.05) is 6.92 Å². The van der Waals surface area contributed by atoms with E-state index in [1.165, 1.54) is 46.7 Å². The van der Waals surface area contributed by atoms with E-state index in [1.54, 1.807) is 6.20 Å². The third kappa shape index (κ3) is 5.46. The molecule has 1 aromatic heterocycles. The Kier molecular flexibility index (Phi) is 5.93. The lowest BCUT2D eigenvalue weighted by atomic mass is 10.1. The first-order valence-corrected chi connectivity index (χ1v) is 9.15. The standard InChI is InChI=1S/C20H18FN3O2S/c1-13-2-4-14(5-3-13)10-17-11-23-20(27-17)24-18(25)12-22-19(26)15-6-8-16(21)9-7-15/h2-9,11H,10,12H2,1H3,(H,22,26)(H,23,24,25). The first-order valence-electron chi connectivity index (χ1n) is 8.33. The van der Waals surface area contributed by atoms with Gasteiger partial charge in [-0.3, -0.25) is 9.59 Å². The third-order valence-electron chi connectivity index (χ3n) is 3.81. The van der Waals surface area contributed by atoms with Crippen molar-refractivity contribution < 1.29 is 14.0 Å². The summed E-state index contributed by atoms with van der Waals surface area (Å²) in [5.74, 6) is -1.24. The number of nitrogens with one attached hydrogen (secondary N) is 2. The average Bonchev–Trinajstić information content (AvgIpc) is 3.09. The van der Waals surface area contributed by atoms with Crippen LogP contribution >= 0.6 is 11.3 Å². The number of amides is 2. The summed E-state index contributed by atoms with van der Waals surface area (Å²) in [6.07, 6.45) is 2.48. The highest BCUT2D eigenvalue weighted by Gasteiger charge is 2.10. The summed E-state index contributed by atoms with van der Waals surface area (Å²) in [6.45, 7) is 1.85. The van der Waals surface area contributed by atoms with Gasteiger partial charge in [-0.05, 0) is 36.8 Å². The van der Waals surface area contributed by atoms with Gasteiger partial charge in [-0.1, -0.05) is 29.8 Å². The van der Waals surface area contributed by atoms with Crippen molar-refractivity contribution in [3.63, 3.8) is 0 Å². The molecule has 2 N–H and O–H groups in total. The Morgan fingerprint density at radius 2 is 1.78 bits per heavy atom. The van der Waals surface area contributed by atoms with Crippen LogP contribution in [0.4, 0.5) is 9.52 Å². The second kappa shape index (κ2) is 8.55. The Morgan fingerprint density at radius 3 is 2.48 bits per heavy atom. The monoisotopic (exact) mass is 383 g/mol. The first kappa shape index (κ1) is 18.7. The van der Waals surface area contributed by atoms with E-state index in [9.17, 15) is 14.0 Å². The molecular weight excluding hydrogens is 365 g/mol. The van der Waals surface area contributed by atoms with Crippen molar-refractivity contribution in [2.45, 2.75) is 13.3 Å². The topological polar surface area (TPSA) is 71.1 Å². The van der Waals surface area contributed by atoms with Crippen LogP contribution in [0.5, 0.6) is 0 Å². The molecule has 3 rings (SSSR count). The first-order chi connectivity index (χ1) is 13.0. The van der Waals surface area contributed by atoms with Gasteiger partial charge in [0.05, 0.1) is 6.54 Å². The molecule has 0 aliphatic carbocycles. The number of nitrogens with zero attached hydrogens (tertiary/aromatic N) is 1. The largest absolute Gasteiger partial charge is 0.343 e. The summed E-state index contributed by atoms with van der Waals surface area (Å²) >= 11 is 1.40. The van der Waals surface area contributed by atoms with Crippen LogP contribution in [0.3, 0.4) is 0 Å². The van der Waals surface area contributed by atoms with Gasteiger partial charge in [-0.15, -0.1) is 11.3 Å². The van der Waals surface area contributed by atoms with Crippen molar-refractivity contribution >= 4 is 28.3 Å². The fourth-order valence-electron chi connectivity index (χ4n) is 2.38. The summed E-state index contributed by atoms with van der Waals surface area (Å²) in [6, 6.07) is 13.4. The molecule has 0 bridgehead atoms. The molecule has 0 unspecified atom stereocenters. The number of benzene rings is 2. The highest BCUT2D eigenvalue weighted by molar-refractivity contribution is 7.15. The van der Waals surface area contributed by atoms with Crippen molar-refractivity contribution in [2.75, 3.05) is 11.9 Å². The van der Waals surface area contributed by atoms with Gasteiger partial charge >= 0.3 is 0 Å². The average molecular weight is 383 g/mol. The SMILES string of the molecule is Cc1ccc(Cc2cnc(NC(=O)CNC(=O)c3ccc(F)cc3)s2)cc1. The summed E-state index contributed by atoms with van der Waals surface area (Å²) in [5, 5.41) is 5.65. The van der Waals surface area contributed by atoms with E-state index in [-0.39, 0.29) is 12.5 Å². The maximum atomic E-state index is 12.9. The quantitative estimate of drug-likeness (QED) is 0.684. The molecule has 0 radical (unpaired) electrons. The lowest BCUT2D eigenvalue weighted by Gasteiger charge is -2.05. The van der Waals surface area contributed by atoms with Crippen molar-refractivity contribution in [2.24, 2.45) is 0 Å². The fourth-order valence-corrected chi connectivity index (χ4v) is 3.24. The second-order valence-corrected chi connectivity index (χ2v) is 7.15. The summed E-state index contributed by atoms with van der Waals surface area (Å²) in [4.78, 5) is 29.1. The van der Waals surface area contributed by atoms with Crippen molar-refractivity contribution in [3.05, 3.63) is 82.1 Å². The lowest BCUT2D eigenvalue weighted by molar-refractivity contribution is -0.115. The van der Waals surface area contributed by atoms with Crippen molar-refractivity contribution in [3.8, 4) is 0 Å². The summed E-state index contributed by atoms with van der Waals surface area (Å²) in [7, 11) is 0. The Labute approximate surface area is 160 Å². The molecule has 3 aromatic rings. The second-order valence-electron chi connectivity index (χ2n) is 6.03. The van der Waals surface area contributed by atoms with Gasteiger partial charge in [0.1, 0.15) is 5.82 Å². The van der Waals surface area contributed by atoms with Crippen LogP contribution in [-0.2, 0) is 11.2 Å². The minimum atomic E-state index is -0.440. The van der Waals surface area contributed by atoms with Crippen molar-refractivity contribution in [1.29, 1.82) is 0 Å². The number of aromatic nitrogens is 1. The molecular formula is C20H18FN3O2S. The van der Waals surface area contributed by atoms with Gasteiger partial charge in [0, 0.05) is 23.1 Å². The number of thiazole rings is 1. The highest BCUT2D eigenvalue weighted by atomic mass is 32.1. The molecule has 0 aliphatic rings. The van der Waals surface area contributed by atoms with Gasteiger partial charge in [-0.25, -0.2) is 9.37 Å². The Hall–Kier alpha value is -3.06. The fraction of sp³-hybridized carbons (Fsp3) is 0.150. The predicted molar refractivity (Wildman–Crippen MR) is 103 cm³/mol. The maximum absolute atomic E-state index is 12.9. The van der Waals surface area contributed by atoms with Gasteiger partial charge in [0.2, 0.25) is 5.91 Å². The van der Waals surface area contributed by atoms with Crippen LogP contribution in [0, 0.1) is 12.7 Å². The molecule has 0 saturated carbocycles. The molecule has 2 aromatic carbocycles. The molecule has 5 nitrogen and oxygen atoms in total. The van der Waals surface area contributed by atoms with Crippen LogP contribution in [0.15, 0.2) is 54.7 Å². The molecule has 2 amide bonds. The molecule has 0 saturated heterocycles. The van der Waals surface area contributed by atoms with Crippen LogP contribution in [0.25, 0.3) is 0 Å². The zero-order valence-corrected chi connectivity index (χ0v) is 15.5. The zero-order valence-electron chi connectivity index (χ0n) is 14.7. The molecule has 0 fully saturated rings. The Morgan fingerprint density at radius 1 is 1.07 bits per heavy atom. The van der Waals surface area contributed by atoms with Gasteiger partial charge < -0.3 is 10.6 Å². The van der Waals surface area contributed by atoms with E-state index >= 15 is 0 Å². The van der Waals surface area contributed by atoms with Crippen LogP contribution in [0.2, 0.25) is 0 Å². The lowest BCUT2D eigenvalue weighted by Crippen LogP contribution is -2.32. The van der Waals surface area contributed by atoms with E-state index < -0.39 is 11.7 Å². The zero-order chi connectivity index (χ0) is 19.2. The van der Waals surface area contributed by atoms with E-state index in [4.69, 9.17) is 0 Å². The van der Waals surface area contributed by atoms with E-state index in [0.717, 1.165) is 11.3 Å². The predicted octanol–water partition coefficient (Wildman–Crippen LogP) is 3.55. The smallest absolute Gasteiger partial charge is 0.251 e. The number of hydrogen-bond donors (Lipinski definition) is 2. The molecule has 1 heterocycles. The number of rotatable bonds is 6. The van der Waals surface area contributed by atoms with E-state index in [2.05, 4.69) is 39.9 Å². The number of halogens is 1. The molecule has 0 spiro atoms. The number of anilines is 1. The summed E-state index contributed by atoms with van der Waals surface area (Å²) < 4.78 is 12.9. The molecule has 138 valence electrons. The van der Waals surface area contributed by atoms with Crippen LogP contribution < -0.4 is 10.6 Å². The molecule has 27 heavy (non-hydrogen) atoms. The van der Waals surface area contributed by atoms with E-state index in [0.29, 0.717) is 10.7 Å². The Balaban J connectivity index is 1.49. The van der Waals surface area contributed by atoms with Gasteiger partial charge in [-0.2, -0.15) is 0 Å². The maximum Gasteiger partial charge on any atom is 0.251 e. The number of hydrogen-bond acceptors (Lipinski definition) is 4. The number of aryl methyl sites for hydroxylation is 1. The minimum Gasteiger partial charge on any atom is -0.343 e. The highest BCUT2D eigenvalue weighted by Crippen LogP contribution is 2.21. The summed E-state index contributed by atoms with van der Waals surface area (Å²) in [5.41, 5.74) is 2.67. The molecule has 0 atom stereocenters. The molecule has 7 heteroatoms.